The van der Waals surface area contributed by atoms with Gasteiger partial charge in [-0.05, 0) is 20.8 Å². The number of aryl methyl sites for hydroxylation is 3. The summed E-state index contributed by atoms with van der Waals surface area (Å²) in [4.78, 5) is 1.59. The quantitative estimate of drug-likeness (QED) is 0.375. The highest BCUT2D eigenvalue weighted by molar-refractivity contribution is 5.17. The first-order valence-corrected chi connectivity index (χ1v) is 3.29. The van der Waals surface area contributed by atoms with Crippen LogP contribution in [0.4, 0.5) is 0 Å². The maximum atomic E-state index is 4.14. The van der Waals surface area contributed by atoms with E-state index < -0.39 is 0 Å². The van der Waals surface area contributed by atoms with Crippen LogP contribution < -0.4 is 28.8 Å². The number of hydrogen-bond acceptors (Lipinski definition) is 2. The van der Waals surface area contributed by atoms with E-state index in [0.717, 1.165) is 11.4 Å². The Morgan fingerprint density at radius 3 is 1.73 bits per heavy atom. The van der Waals surface area contributed by atoms with Gasteiger partial charge in [-0.15, -0.1) is 0 Å². The Kier molecular flexibility index (Phi) is 3.85. The summed E-state index contributed by atoms with van der Waals surface area (Å²) in [6.07, 6.45) is 0. The highest BCUT2D eigenvalue weighted by atomic mass is 127. The molecule has 0 bridgehead atoms. The average molecular weight is 265 g/mol. The minimum absolute atomic E-state index is 0. The van der Waals surface area contributed by atoms with Crippen LogP contribution >= 0.6 is 0 Å². The van der Waals surface area contributed by atoms with E-state index in [0.29, 0.717) is 0 Å². The largest absolute Gasteiger partial charge is 1.00 e. The molecule has 0 saturated carbocycles. The zero-order valence-corrected chi connectivity index (χ0v) is 9.38. The lowest BCUT2D eigenvalue weighted by atomic mass is 10.2. The molecule has 0 amide bonds. The van der Waals surface area contributed by atoms with Crippen LogP contribution in [-0.4, -0.2) is 10.2 Å². The Hall–Kier alpha value is -0.260. The number of nitrogens with zero attached hydrogens (tertiary/aromatic N) is 3. The van der Waals surface area contributed by atoms with Gasteiger partial charge in [0.15, 0.2) is 7.05 Å². The summed E-state index contributed by atoms with van der Waals surface area (Å²) < 4.78 is 0. The van der Waals surface area contributed by atoms with Crippen LogP contribution in [0.25, 0.3) is 0 Å². The van der Waals surface area contributed by atoms with Gasteiger partial charge < -0.3 is 24.0 Å². The van der Waals surface area contributed by atoms with Crippen LogP contribution in [0.15, 0.2) is 0 Å². The van der Waals surface area contributed by atoms with Gasteiger partial charge in [0.25, 0.3) is 0 Å². The standard InChI is InChI=1S/C7H12N3.HI/c1-5-6(2)8-10(4)9-7(5)3;/h1-4H3;1H/q+1;/p-1. The van der Waals surface area contributed by atoms with Gasteiger partial charge in [-0.3, -0.25) is 0 Å². The lowest BCUT2D eigenvalue weighted by molar-refractivity contribution is -0.787. The van der Waals surface area contributed by atoms with Crippen LogP contribution in [0.5, 0.6) is 0 Å². The molecule has 1 aromatic heterocycles. The minimum Gasteiger partial charge on any atom is -1.00 e. The monoisotopic (exact) mass is 265 g/mol. The highest BCUT2D eigenvalue weighted by Gasteiger charge is 2.05. The lowest BCUT2D eigenvalue weighted by Gasteiger charge is -1.95. The van der Waals surface area contributed by atoms with Crippen molar-refractivity contribution in [3.63, 3.8) is 0 Å². The molecule has 4 heteroatoms. The van der Waals surface area contributed by atoms with Crippen molar-refractivity contribution in [1.29, 1.82) is 0 Å². The number of rotatable bonds is 0. The van der Waals surface area contributed by atoms with Crippen molar-refractivity contribution in [2.24, 2.45) is 7.05 Å². The normalized spacial score (nSPS) is 9.09. The average Bonchev–Trinajstić information content (AvgIpc) is 1.82. The van der Waals surface area contributed by atoms with Crippen LogP contribution in [0.1, 0.15) is 17.0 Å². The Bertz CT molecular complexity index is 237. The third kappa shape index (κ3) is 2.36. The minimum atomic E-state index is 0. The van der Waals surface area contributed by atoms with Crippen LogP contribution in [-0.2, 0) is 7.05 Å². The van der Waals surface area contributed by atoms with Crippen LogP contribution in [0.3, 0.4) is 0 Å². The molecule has 0 fully saturated rings. The molecule has 0 aliphatic carbocycles. The fraction of sp³-hybridized carbons (Fsp3) is 0.571. The van der Waals surface area contributed by atoms with E-state index >= 15 is 0 Å². The van der Waals surface area contributed by atoms with Crippen LogP contribution in [0.2, 0.25) is 0 Å². The molecule has 0 aliphatic rings. The molecule has 0 atom stereocenters. The zero-order valence-electron chi connectivity index (χ0n) is 7.22. The van der Waals surface area contributed by atoms with Gasteiger partial charge in [0.2, 0.25) is 0 Å². The molecule has 0 unspecified atom stereocenters. The predicted molar refractivity (Wildman–Crippen MR) is 37.4 cm³/mol. The van der Waals surface area contributed by atoms with Gasteiger partial charge in [0.1, 0.15) is 11.4 Å². The number of halogens is 1. The molecule has 0 spiro atoms. The molecule has 0 aromatic carbocycles. The molecular weight excluding hydrogens is 253 g/mol. The van der Waals surface area contributed by atoms with E-state index in [1.807, 2.05) is 27.8 Å². The van der Waals surface area contributed by atoms with Gasteiger partial charge in [-0.1, -0.05) is 0 Å². The molecular formula is C7H12IN3. The Morgan fingerprint density at radius 1 is 1.00 bits per heavy atom. The molecule has 11 heavy (non-hydrogen) atoms. The third-order valence-corrected chi connectivity index (χ3v) is 1.67. The van der Waals surface area contributed by atoms with Crippen molar-refractivity contribution in [2.45, 2.75) is 20.8 Å². The first-order chi connectivity index (χ1) is 4.61. The molecule has 62 valence electrons. The smallest absolute Gasteiger partial charge is 0.193 e. The number of hydrogen-bond donors (Lipinski definition) is 0. The second kappa shape index (κ2) is 3.94. The van der Waals surface area contributed by atoms with Crippen molar-refractivity contribution >= 4 is 0 Å². The van der Waals surface area contributed by atoms with E-state index in [-0.39, 0.29) is 24.0 Å². The Morgan fingerprint density at radius 2 is 1.36 bits per heavy atom. The van der Waals surface area contributed by atoms with E-state index in [2.05, 4.69) is 10.2 Å². The molecule has 1 heterocycles. The second-order valence-corrected chi connectivity index (χ2v) is 2.49. The van der Waals surface area contributed by atoms with Gasteiger partial charge in [0.05, 0.1) is 0 Å². The third-order valence-electron chi connectivity index (χ3n) is 1.67. The summed E-state index contributed by atoms with van der Waals surface area (Å²) in [6.45, 7) is 6.01. The van der Waals surface area contributed by atoms with Gasteiger partial charge in [-0.2, -0.15) is 0 Å². The van der Waals surface area contributed by atoms with E-state index in [9.17, 15) is 0 Å². The summed E-state index contributed by atoms with van der Waals surface area (Å²) in [6, 6.07) is 0. The van der Waals surface area contributed by atoms with Crippen LogP contribution in [0, 0.1) is 20.8 Å². The molecule has 0 N–H and O–H groups in total. The molecule has 0 saturated heterocycles. The first-order valence-electron chi connectivity index (χ1n) is 3.29. The first kappa shape index (κ1) is 10.7. The molecule has 0 aliphatic heterocycles. The van der Waals surface area contributed by atoms with Crippen molar-refractivity contribution in [1.82, 2.24) is 10.2 Å². The summed E-state index contributed by atoms with van der Waals surface area (Å²) in [7, 11) is 1.83. The van der Waals surface area contributed by atoms with Gasteiger partial charge in [-0.25, -0.2) is 0 Å². The second-order valence-electron chi connectivity index (χ2n) is 2.49. The van der Waals surface area contributed by atoms with E-state index in [4.69, 9.17) is 0 Å². The van der Waals surface area contributed by atoms with Crippen molar-refractivity contribution < 1.29 is 28.8 Å². The maximum Gasteiger partial charge on any atom is 0.193 e. The Labute approximate surface area is 83.8 Å². The highest BCUT2D eigenvalue weighted by Crippen LogP contribution is 2.01. The summed E-state index contributed by atoms with van der Waals surface area (Å²) >= 11 is 0. The van der Waals surface area contributed by atoms with E-state index in [1.54, 1.807) is 4.80 Å². The van der Waals surface area contributed by atoms with Gasteiger partial charge >= 0.3 is 0 Å². The molecule has 0 radical (unpaired) electrons. The Balaban J connectivity index is 0.000001000. The lowest BCUT2D eigenvalue weighted by Crippen LogP contribution is -3.00. The summed E-state index contributed by atoms with van der Waals surface area (Å²) in [5, 5.41) is 8.28. The predicted octanol–water partition coefficient (Wildman–Crippen LogP) is -2.77. The summed E-state index contributed by atoms with van der Waals surface area (Å²) in [5.74, 6) is 0. The topological polar surface area (TPSA) is 29.7 Å². The molecule has 3 nitrogen and oxygen atoms in total. The zero-order chi connectivity index (χ0) is 7.72. The van der Waals surface area contributed by atoms with Crippen molar-refractivity contribution in [2.75, 3.05) is 0 Å². The fourth-order valence-corrected chi connectivity index (χ4v) is 0.868. The summed E-state index contributed by atoms with van der Waals surface area (Å²) in [5.41, 5.74) is 3.28. The molecule has 1 rings (SSSR count). The fourth-order valence-electron chi connectivity index (χ4n) is 0.868. The SMILES string of the molecule is Cc1n[n+](C)nc(C)c1C.[I-]. The van der Waals surface area contributed by atoms with Crippen molar-refractivity contribution in [3.05, 3.63) is 17.0 Å². The van der Waals surface area contributed by atoms with E-state index in [1.165, 1.54) is 5.56 Å². The molecule has 1 aromatic rings. The van der Waals surface area contributed by atoms with Crippen molar-refractivity contribution in [3.8, 4) is 0 Å². The maximum absolute atomic E-state index is 4.14. The number of aromatic nitrogens is 3. The van der Waals surface area contributed by atoms with Gasteiger partial charge in [0, 0.05) is 20.6 Å².